The highest BCUT2D eigenvalue weighted by Gasteiger charge is 2.32. The quantitative estimate of drug-likeness (QED) is 0.342. The van der Waals surface area contributed by atoms with E-state index < -0.39 is 24.1 Å². The first-order chi connectivity index (χ1) is 9.10. The Bertz CT molecular complexity index is 242. The smallest absolute Gasteiger partial charge is 0.320 e. The molecule has 0 amide bonds. The number of esters is 2. The Morgan fingerprint density at radius 1 is 0.789 bits per heavy atom. The van der Waals surface area contributed by atoms with Crippen molar-refractivity contribution < 1.29 is 28.5 Å². The fraction of sp³-hybridized carbons (Fsp3) is 0.846. The van der Waals surface area contributed by atoms with Gasteiger partial charge < -0.3 is 18.9 Å². The third-order valence-electron chi connectivity index (χ3n) is 2.28. The lowest BCUT2D eigenvalue weighted by molar-refractivity contribution is -0.176. The van der Waals surface area contributed by atoms with Crippen LogP contribution in [0.3, 0.4) is 0 Å². The first-order valence-electron chi connectivity index (χ1n) is 6.66. The molecule has 0 saturated heterocycles. The van der Waals surface area contributed by atoms with Gasteiger partial charge in [0.1, 0.15) is 0 Å². The van der Waals surface area contributed by atoms with E-state index in [0.29, 0.717) is 13.2 Å². The van der Waals surface area contributed by atoms with Gasteiger partial charge in [0, 0.05) is 19.6 Å². The van der Waals surface area contributed by atoms with Crippen LogP contribution >= 0.6 is 0 Å². The minimum atomic E-state index is -1.01. The minimum absolute atomic E-state index is 0.0966. The molecule has 6 heteroatoms. The van der Waals surface area contributed by atoms with Gasteiger partial charge >= 0.3 is 11.9 Å². The van der Waals surface area contributed by atoms with Crippen molar-refractivity contribution in [2.24, 2.45) is 5.92 Å². The second-order valence-corrected chi connectivity index (χ2v) is 3.63. The zero-order valence-electron chi connectivity index (χ0n) is 12.1. The van der Waals surface area contributed by atoms with Crippen LogP contribution in [0.25, 0.3) is 0 Å². The molecule has 0 aliphatic carbocycles. The van der Waals surface area contributed by atoms with E-state index in [1.54, 1.807) is 13.8 Å². The van der Waals surface area contributed by atoms with Gasteiger partial charge in [-0.25, -0.2) is 0 Å². The lowest BCUT2D eigenvalue weighted by Gasteiger charge is -2.21. The predicted octanol–water partition coefficient (Wildman–Crippen LogP) is 1.52. The standard InChI is InChI=1S/C13H24O6/c1-5-16-11(17-6-2)9-10(12(14)18-7-3)13(15)19-8-4/h10-11H,5-9H2,1-4H3. The van der Waals surface area contributed by atoms with Crippen LogP contribution in [0, 0.1) is 5.92 Å². The van der Waals surface area contributed by atoms with Gasteiger partial charge in [-0.2, -0.15) is 0 Å². The molecule has 6 nitrogen and oxygen atoms in total. The number of carbonyl (C=O) groups excluding carboxylic acids is 2. The van der Waals surface area contributed by atoms with Gasteiger partial charge in [-0.1, -0.05) is 0 Å². The molecule has 0 fully saturated rings. The molecule has 0 aliphatic heterocycles. The molecule has 0 atom stereocenters. The van der Waals surface area contributed by atoms with Crippen LogP contribution in [0.4, 0.5) is 0 Å². The van der Waals surface area contributed by atoms with E-state index in [1.807, 2.05) is 13.8 Å². The fourth-order valence-electron chi connectivity index (χ4n) is 1.52. The minimum Gasteiger partial charge on any atom is -0.465 e. The van der Waals surface area contributed by atoms with Crippen LogP contribution in [-0.4, -0.2) is 44.7 Å². The summed E-state index contributed by atoms with van der Waals surface area (Å²) in [5, 5.41) is 0. The summed E-state index contributed by atoms with van der Waals surface area (Å²) in [4.78, 5) is 23.5. The Labute approximate surface area is 114 Å². The van der Waals surface area contributed by atoms with Crippen LogP contribution in [0.5, 0.6) is 0 Å². The van der Waals surface area contributed by atoms with Gasteiger partial charge in [-0.05, 0) is 27.7 Å². The molecule has 0 radical (unpaired) electrons. The number of hydrogen-bond acceptors (Lipinski definition) is 6. The normalized spacial score (nSPS) is 10.8. The second-order valence-electron chi connectivity index (χ2n) is 3.63. The largest absolute Gasteiger partial charge is 0.465 e. The Balaban J connectivity index is 4.70. The lowest BCUT2D eigenvalue weighted by Crippen LogP contribution is -2.33. The highest BCUT2D eigenvalue weighted by molar-refractivity contribution is 5.94. The van der Waals surface area contributed by atoms with Gasteiger partial charge in [-0.3, -0.25) is 9.59 Å². The summed E-state index contributed by atoms with van der Waals surface area (Å²) in [6.07, 6.45) is -0.520. The van der Waals surface area contributed by atoms with Crippen LogP contribution < -0.4 is 0 Å². The average Bonchev–Trinajstić information content (AvgIpc) is 2.36. The van der Waals surface area contributed by atoms with E-state index in [9.17, 15) is 9.59 Å². The van der Waals surface area contributed by atoms with Gasteiger partial charge in [0.15, 0.2) is 12.2 Å². The van der Waals surface area contributed by atoms with Crippen molar-refractivity contribution in [1.29, 1.82) is 0 Å². The van der Waals surface area contributed by atoms with Crippen molar-refractivity contribution >= 4 is 11.9 Å². The predicted molar refractivity (Wildman–Crippen MR) is 68.4 cm³/mol. The van der Waals surface area contributed by atoms with Crippen LogP contribution in [0.1, 0.15) is 34.1 Å². The molecule has 0 aromatic carbocycles. The molecule has 0 unspecified atom stereocenters. The molecule has 0 saturated carbocycles. The highest BCUT2D eigenvalue weighted by atomic mass is 16.7. The van der Waals surface area contributed by atoms with E-state index in [0.717, 1.165) is 0 Å². The van der Waals surface area contributed by atoms with Gasteiger partial charge in [0.2, 0.25) is 0 Å². The molecule has 0 bridgehead atoms. The van der Waals surface area contributed by atoms with Crippen molar-refractivity contribution in [2.45, 2.75) is 40.4 Å². The maximum absolute atomic E-state index is 11.8. The first-order valence-corrected chi connectivity index (χ1v) is 6.66. The zero-order valence-corrected chi connectivity index (χ0v) is 12.1. The van der Waals surface area contributed by atoms with Crippen molar-refractivity contribution in [3.05, 3.63) is 0 Å². The summed E-state index contributed by atoms with van der Waals surface area (Å²) in [6.45, 7) is 8.29. The molecule has 0 aliphatic rings. The van der Waals surface area contributed by atoms with E-state index in [2.05, 4.69) is 0 Å². The summed E-state index contributed by atoms with van der Waals surface area (Å²) in [5.41, 5.74) is 0. The highest BCUT2D eigenvalue weighted by Crippen LogP contribution is 2.15. The maximum Gasteiger partial charge on any atom is 0.320 e. The third-order valence-corrected chi connectivity index (χ3v) is 2.28. The molecule has 0 spiro atoms. The fourth-order valence-corrected chi connectivity index (χ4v) is 1.52. The summed E-state index contributed by atoms with van der Waals surface area (Å²) in [7, 11) is 0. The first kappa shape index (κ1) is 17.9. The Hall–Kier alpha value is -1.14. The topological polar surface area (TPSA) is 71.1 Å². The van der Waals surface area contributed by atoms with E-state index in [1.165, 1.54) is 0 Å². The van der Waals surface area contributed by atoms with Crippen molar-refractivity contribution in [3.63, 3.8) is 0 Å². The van der Waals surface area contributed by atoms with E-state index >= 15 is 0 Å². The molecule has 0 aromatic rings. The SMILES string of the molecule is CCOC(=O)C(CC(OCC)OCC)C(=O)OCC. The Kier molecular flexibility index (Phi) is 10.1. The molecule has 0 heterocycles. The molecule has 0 rings (SSSR count). The van der Waals surface area contributed by atoms with Crippen molar-refractivity contribution in [3.8, 4) is 0 Å². The van der Waals surface area contributed by atoms with E-state index in [-0.39, 0.29) is 19.6 Å². The number of carbonyl (C=O) groups is 2. The summed E-state index contributed by atoms with van der Waals surface area (Å²) >= 11 is 0. The number of rotatable bonds is 10. The second kappa shape index (κ2) is 10.8. The van der Waals surface area contributed by atoms with Crippen LogP contribution in [0.15, 0.2) is 0 Å². The summed E-state index contributed by atoms with van der Waals surface area (Å²) < 4.78 is 20.4. The average molecular weight is 276 g/mol. The van der Waals surface area contributed by atoms with Crippen LogP contribution in [0.2, 0.25) is 0 Å². The zero-order chi connectivity index (χ0) is 14.7. The summed E-state index contributed by atoms with van der Waals surface area (Å²) in [5.74, 6) is -2.22. The lowest BCUT2D eigenvalue weighted by atomic mass is 10.1. The van der Waals surface area contributed by atoms with Gasteiger partial charge in [-0.15, -0.1) is 0 Å². The Morgan fingerprint density at radius 2 is 1.21 bits per heavy atom. The van der Waals surface area contributed by atoms with Crippen molar-refractivity contribution in [1.82, 2.24) is 0 Å². The van der Waals surface area contributed by atoms with E-state index in [4.69, 9.17) is 18.9 Å². The Morgan fingerprint density at radius 3 is 1.53 bits per heavy atom. The summed E-state index contributed by atoms with van der Waals surface area (Å²) in [6, 6.07) is 0. The number of hydrogen-bond donors (Lipinski definition) is 0. The molecule has 0 aromatic heterocycles. The van der Waals surface area contributed by atoms with Gasteiger partial charge in [0.05, 0.1) is 13.2 Å². The third kappa shape index (κ3) is 7.12. The molecular formula is C13H24O6. The molecule has 0 N–H and O–H groups in total. The molecule has 19 heavy (non-hydrogen) atoms. The monoisotopic (exact) mass is 276 g/mol. The van der Waals surface area contributed by atoms with Crippen molar-refractivity contribution in [2.75, 3.05) is 26.4 Å². The molecule has 112 valence electrons. The maximum atomic E-state index is 11.8. The van der Waals surface area contributed by atoms with Gasteiger partial charge in [0.25, 0.3) is 0 Å². The molecular weight excluding hydrogens is 252 g/mol. The number of ether oxygens (including phenoxy) is 4. The van der Waals surface area contributed by atoms with Crippen LogP contribution in [-0.2, 0) is 28.5 Å².